The van der Waals surface area contributed by atoms with E-state index in [2.05, 4.69) is 11.9 Å². The van der Waals surface area contributed by atoms with Gasteiger partial charge in [-0.05, 0) is 12.8 Å². The van der Waals surface area contributed by atoms with E-state index >= 15 is 0 Å². The van der Waals surface area contributed by atoms with Crippen LogP contribution in [-0.4, -0.2) is 23.2 Å². The first-order chi connectivity index (χ1) is 7.67. The molecule has 0 fully saturated rings. The van der Waals surface area contributed by atoms with Crippen LogP contribution in [0.1, 0.15) is 35.3 Å². The first-order valence-corrected chi connectivity index (χ1v) is 6.17. The van der Waals surface area contributed by atoms with Crippen LogP contribution in [0.5, 0.6) is 0 Å². The molecule has 0 unspecified atom stereocenters. The molecule has 90 valence electrons. The molecule has 0 atom stereocenters. The average Bonchev–Trinajstić information content (AvgIpc) is 2.59. The number of thiazole rings is 1. The molecular weight excluding hydrogens is 226 g/mol. The van der Waals surface area contributed by atoms with Crippen molar-refractivity contribution in [3.63, 3.8) is 0 Å². The van der Waals surface area contributed by atoms with Gasteiger partial charge in [-0.3, -0.25) is 4.79 Å². The SMILES string of the molecule is CCCc1nc(COC)sc1CCC(=O)O. The highest BCUT2D eigenvalue weighted by Crippen LogP contribution is 2.22. The lowest BCUT2D eigenvalue weighted by Crippen LogP contribution is -1.98. The summed E-state index contributed by atoms with van der Waals surface area (Å²) in [6.45, 7) is 2.60. The maximum absolute atomic E-state index is 10.5. The van der Waals surface area contributed by atoms with E-state index in [0.717, 1.165) is 28.4 Å². The minimum Gasteiger partial charge on any atom is -0.481 e. The van der Waals surface area contributed by atoms with Gasteiger partial charge >= 0.3 is 5.97 Å². The van der Waals surface area contributed by atoms with Crippen LogP contribution in [0.2, 0.25) is 0 Å². The molecule has 5 heteroatoms. The van der Waals surface area contributed by atoms with Crippen molar-refractivity contribution in [2.45, 2.75) is 39.2 Å². The van der Waals surface area contributed by atoms with E-state index in [-0.39, 0.29) is 6.42 Å². The lowest BCUT2D eigenvalue weighted by molar-refractivity contribution is -0.136. The summed E-state index contributed by atoms with van der Waals surface area (Å²) in [6.07, 6.45) is 2.68. The van der Waals surface area contributed by atoms with Gasteiger partial charge in [0.2, 0.25) is 0 Å². The van der Waals surface area contributed by atoms with Crippen molar-refractivity contribution in [3.8, 4) is 0 Å². The second-order valence-electron chi connectivity index (χ2n) is 3.55. The third-order valence-electron chi connectivity index (χ3n) is 2.14. The Balaban J connectivity index is 2.73. The predicted molar refractivity (Wildman–Crippen MR) is 62.8 cm³/mol. The highest BCUT2D eigenvalue weighted by molar-refractivity contribution is 7.11. The number of hydrogen-bond donors (Lipinski definition) is 1. The summed E-state index contributed by atoms with van der Waals surface area (Å²) >= 11 is 1.57. The first-order valence-electron chi connectivity index (χ1n) is 5.35. The Morgan fingerprint density at radius 2 is 2.25 bits per heavy atom. The Kier molecular flexibility index (Phi) is 5.42. The van der Waals surface area contributed by atoms with Crippen molar-refractivity contribution in [3.05, 3.63) is 15.6 Å². The lowest BCUT2D eigenvalue weighted by atomic mass is 10.2. The van der Waals surface area contributed by atoms with E-state index in [0.29, 0.717) is 13.0 Å². The number of aromatic nitrogens is 1. The molecule has 0 spiro atoms. The smallest absolute Gasteiger partial charge is 0.303 e. The van der Waals surface area contributed by atoms with Crippen molar-refractivity contribution in [1.82, 2.24) is 4.98 Å². The van der Waals surface area contributed by atoms with Gasteiger partial charge in [0, 0.05) is 12.0 Å². The molecular formula is C11H17NO3S. The summed E-state index contributed by atoms with van der Waals surface area (Å²) in [5, 5.41) is 9.60. The molecule has 0 aliphatic carbocycles. The monoisotopic (exact) mass is 243 g/mol. The number of nitrogens with zero attached hydrogens (tertiary/aromatic N) is 1. The fraction of sp³-hybridized carbons (Fsp3) is 0.636. The number of hydrogen-bond acceptors (Lipinski definition) is 4. The molecule has 0 aliphatic rings. The van der Waals surface area contributed by atoms with Crippen molar-refractivity contribution >= 4 is 17.3 Å². The fourth-order valence-electron chi connectivity index (χ4n) is 1.47. The highest BCUT2D eigenvalue weighted by atomic mass is 32.1. The molecule has 1 N–H and O–H groups in total. The molecule has 0 radical (unpaired) electrons. The standard InChI is InChI=1S/C11H17NO3S/c1-3-4-8-9(5-6-11(13)14)16-10(12-8)7-15-2/h3-7H2,1-2H3,(H,13,14). The zero-order chi connectivity index (χ0) is 12.0. The van der Waals surface area contributed by atoms with E-state index in [9.17, 15) is 4.79 Å². The maximum atomic E-state index is 10.5. The molecule has 0 saturated heterocycles. The predicted octanol–water partition coefficient (Wildman–Crippen LogP) is 2.26. The number of carboxylic acid groups (broad SMARTS) is 1. The molecule has 1 aromatic heterocycles. The van der Waals surface area contributed by atoms with Crippen LogP contribution in [0.4, 0.5) is 0 Å². The number of ether oxygens (including phenoxy) is 1. The minimum absolute atomic E-state index is 0.172. The molecule has 1 heterocycles. The molecule has 16 heavy (non-hydrogen) atoms. The number of rotatable bonds is 7. The van der Waals surface area contributed by atoms with Gasteiger partial charge in [0.1, 0.15) is 5.01 Å². The summed E-state index contributed by atoms with van der Waals surface area (Å²) in [6, 6.07) is 0. The Morgan fingerprint density at radius 3 is 2.81 bits per heavy atom. The topological polar surface area (TPSA) is 59.4 Å². The van der Waals surface area contributed by atoms with Gasteiger partial charge in [-0.2, -0.15) is 0 Å². The van der Waals surface area contributed by atoms with Crippen LogP contribution >= 0.6 is 11.3 Å². The normalized spacial score (nSPS) is 10.6. The largest absolute Gasteiger partial charge is 0.481 e. The second kappa shape index (κ2) is 6.60. The van der Waals surface area contributed by atoms with Crippen LogP contribution in [0.25, 0.3) is 0 Å². The summed E-state index contributed by atoms with van der Waals surface area (Å²) in [5.41, 5.74) is 1.04. The number of methoxy groups -OCH3 is 1. The highest BCUT2D eigenvalue weighted by Gasteiger charge is 2.11. The van der Waals surface area contributed by atoms with Crippen LogP contribution in [-0.2, 0) is 29.0 Å². The third-order valence-corrected chi connectivity index (χ3v) is 3.27. The number of aryl methyl sites for hydroxylation is 2. The van der Waals surface area contributed by atoms with Crippen molar-refractivity contribution in [1.29, 1.82) is 0 Å². The van der Waals surface area contributed by atoms with Crippen LogP contribution in [0, 0.1) is 0 Å². The number of carboxylic acids is 1. The minimum atomic E-state index is -0.760. The van der Waals surface area contributed by atoms with Gasteiger partial charge in [0.25, 0.3) is 0 Å². The molecule has 0 saturated carbocycles. The van der Waals surface area contributed by atoms with Gasteiger partial charge < -0.3 is 9.84 Å². The van der Waals surface area contributed by atoms with Gasteiger partial charge in [0.15, 0.2) is 0 Å². The zero-order valence-electron chi connectivity index (χ0n) is 9.65. The lowest BCUT2D eigenvalue weighted by Gasteiger charge is -1.97. The van der Waals surface area contributed by atoms with Crippen LogP contribution in [0.3, 0.4) is 0 Å². The Morgan fingerprint density at radius 1 is 1.50 bits per heavy atom. The third kappa shape index (κ3) is 3.90. The quantitative estimate of drug-likeness (QED) is 0.798. The summed E-state index contributed by atoms with van der Waals surface area (Å²) in [4.78, 5) is 16.1. The van der Waals surface area contributed by atoms with Gasteiger partial charge in [-0.1, -0.05) is 13.3 Å². The molecule has 0 bridgehead atoms. The second-order valence-corrected chi connectivity index (χ2v) is 4.72. The van der Waals surface area contributed by atoms with Gasteiger partial charge in [-0.15, -0.1) is 11.3 Å². The average molecular weight is 243 g/mol. The molecule has 1 aromatic rings. The van der Waals surface area contributed by atoms with Crippen molar-refractivity contribution in [2.75, 3.05) is 7.11 Å². The molecule has 1 rings (SSSR count). The Labute approximate surface area is 99.3 Å². The summed E-state index contributed by atoms with van der Waals surface area (Å²) < 4.78 is 5.03. The van der Waals surface area contributed by atoms with E-state index in [4.69, 9.17) is 9.84 Å². The summed E-state index contributed by atoms with van der Waals surface area (Å²) in [7, 11) is 1.64. The summed E-state index contributed by atoms with van der Waals surface area (Å²) in [5.74, 6) is -0.760. The van der Waals surface area contributed by atoms with Crippen molar-refractivity contribution < 1.29 is 14.6 Å². The zero-order valence-corrected chi connectivity index (χ0v) is 10.5. The Hall–Kier alpha value is -0.940. The van der Waals surface area contributed by atoms with E-state index < -0.39 is 5.97 Å². The molecule has 0 amide bonds. The molecule has 4 nitrogen and oxygen atoms in total. The first kappa shape index (κ1) is 13.1. The van der Waals surface area contributed by atoms with E-state index in [1.165, 1.54) is 0 Å². The molecule has 0 aromatic carbocycles. The molecule has 0 aliphatic heterocycles. The number of carbonyl (C=O) groups is 1. The van der Waals surface area contributed by atoms with E-state index in [1.807, 2.05) is 0 Å². The number of aliphatic carboxylic acids is 1. The van der Waals surface area contributed by atoms with Crippen LogP contribution < -0.4 is 0 Å². The van der Waals surface area contributed by atoms with Crippen molar-refractivity contribution in [2.24, 2.45) is 0 Å². The Bertz CT molecular complexity index is 349. The van der Waals surface area contributed by atoms with Gasteiger partial charge in [-0.25, -0.2) is 4.98 Å². The van der Waals surface area contributed by atoms with Crippen LogP contribution in [0.15, 0.2) is 0 Å². The van der Waals surface area contributed by atoms with E-state index in [1.54, 1.807) is 18.4 Å². The maximum Gasteiger partial charge on any atom is 0.303 e. The fourth-order valence-corrected chi connectivity index (χ4v) is 2.56. The van der Waals surface area contributed by atoms with Gasteiger partial charge in [0.05, 0.1) is 18.7 Å².